The maximum atomic E-state index is 8.56. The molecule has 0 fully saturated rings. The first-order valence-electron chi connectivity index (χ1n) is 4.65. The summed E-state index contributed by atoms with van der Waals surface area (Å²) in [6, 6.07) is 1.52. The van der Waals surface area contributed by atoms with Crippen molar-refractivity contribution in [3.05, 3.63) is 34.9 Å². The minimum Gasteiger partial charge on any atom is -0.409 e. The van der Waals surface area contributed by atoms with Gasteiger partial charge in [-0.15, -0.1) is 0 Å². The van der Waals surface area contributed by atoms with Gasteiger partial charge in [0.15, 0.2) is 5.84 Å². The van der Waals surface area contributed by atoms with Gasteiger partial charge in [-0.25, -0.2) is 14.6 Å². The molecule has 0 aliphatic rings. The highest BCUT2D eigenvalue weighted by molar-refractivity contribution is 6.31. The summed E-state index contributed by atoms with van der Waals surface area (Å²) in [6.07, 6.45) is 3.07. The zero-order valence-electron chi connectivity index (χ0n) is 8.87. The molecule has 7 nitrogen and oxygen atoms in total. The van der Waals surface area contributed by atoms with Crippen LogP contribution in [0.3, 0.4) is 0 Å². The molecule has 0 saturated carbocycles. The van der Waals surface area contributed by atoms with Crippen molar-refractivity contribution in [3.8, 4) is 5.95 Å². The summed E-state index contributed by atoms with van der Waals surface area (Å²) in [5.74, 6) is 0.202. The number of hydrogen-bond donors (Lipinski definition) is 2. The molecule has 0 aromatic carbocycles. The molecule has 88 valence electrons. The molecule has 2 rings (SSSR count). The number of halogens is 1. The average molecular weight is 253 g/mol. The van der Waals surface area contributed by atoms with E-state index in [1.807, 2.05) is 0 Å². The molecule has 0 unspecified atom stereocenters. The number of aromatic nitrogens is 4. The van der Waals surface area contributed by atoms with E-state index in [0.29, 0.717) is 22.4 Å². The predicted octanol–water partition coefficient (Wildman–Crippen LogP) is 0.719. The molecule has 0 spiro atoms. The molecule has 2 aromatic rings. The van der Waals surface area contributed by atoms with Crippen molar-refractivity contribution in [1.29, 1.82) is 0 Å². The molecule has 17 heavy (non-hydrogen) atoms. The highest BCUT2D eigenvalue weighted by atomic mass is 35.5. The van der Waals surface area contributed by atoms with Crippen LogP contribution in [0.4, 0.5) is 0 Å². The monoisotopic (exact) mass is 252 g/mol. The number of rotatable bonds is 2. The number of nitrogens with zero attached hydrogens (tertiary/aromatic N) is 5. The molecular weight excluding hydrogens is 244 g/mol. The summed E-state index contributed by atoms with van der Waals surface area (Å²) in [7, 11) is 0. The zero-order valence-corrected chi connectivity index (χ0v) is 9.63. The molecule has 2 heterocycles. The van der Waals surface area contributed by atoms with Crippen LogP contribution in [-0.2, 0) is 0 Å². The molecule has 0 saturated heterocycles. The molecule has 0 bridgehead atoms. The van der Waals surface area contributed by atoms with Gasteiger partial charge >= 0.3 is 0 Å². The average Bonchev–Trinajstić information content (AvgIpc) is 2.69. The Bertz CT molecular complexity index is 559. The molecular formula is C9H9ClN6O. The molecule has 0 aliphatic heterocycles. The molecule has 0 amide bonds. The SMILES string of the molecule is Cc1nn(-c2nccc(/C(N)=N/O)n2)cc1Cl. The van der Waals surface area contributed by atoms with E-state index in [4.69, 9.17) is 22.5 Å². The second-order valence-electron chi connectivity index (χ2n) is 3.23. The Hall–Kier alpha value is -2.15. The molecule has 3 N–H and O–H groups in total. The van der Waals surface area contributed by atoms with Crippen LogP contribution in [0.25, 0.3) is 5.95 Å². The number of hydrogen-bond acceptors (Lipinski definition) is 5. The van der Waals surface area contributed by atoms with Gasteiger partial charge in [-0.05, 0) is 13.0 Å². The van der Waals surface area contributed by atoms with Gasteiger partial charge in [-0.1, -0.05) is 16.8 Å². The van der Waals surface area contributed by atoms with E-state index < -0.39 is 0 Å². The Morgan fingerprint density at radius 3 is 2.94 bits per heavy atom. The van der Waals surface area contributed by atoms with E-state index in [9.17, 15) is 0 Å². The van der Waals surface area contributed by atoms with Gasteiger partial charge in [0.25, 0.3) is 5.95 Å². The Labute approximate surface area is 102 Å². The fourth-order valence-electron chi connectivity index (χ4n) is 1.19. The first-order valence-corrected chi connectivity index (χ1v) is 5.02. The summed E-state index contributed by atoms with van der Waals surface area (Å²) in [5.41, 5.74) is 6.41. The van der Waals surface area contributed by atoms with Crippen LogP contribution in [0.1, 0.15) is 11.4 Å². The molecule has 0 radical (unpaired) electrons. The lowest BCUT2D eigenvalue weighted by Gasteiger charge is -2.01. The summed E-state index contributed by atoms with van der Waals surface area (Å²) < 4.78 is 1.42. The van der Waals surface area contributed by atoms with Gasteiger partial charge in [-0.2, -0.15) is 5.10 Å². The van der Waals surface area contributed by atoms with Crippen molar-refractivity contribution in [2.75, 3.05) is 0 Å². The molecule has 0 atom stereocenters. The smallest absolute Gasteiger partial charge is 0.251 e. The molecule has 8 heteroatoms. The normalized spacial score (nSPS) is 11.8. The van der Waals surface area contributed by atoms with Gasteiger partial charge in [0.1, 0.15) is 5.69 Å². The van der Waals surface area contributed by atoms with Crippen LogP contribution < -0.4 is 5.73 Å². The Morgan fingerprint density at radius 2 is 2.35 bits per heavy atom. The van der Waals surface area contributed by atoms with E-state index in [-0.39, 0.29) is 5.84 Å². The van der Waals surface area contributed by atoms with E-state index in [1.54, 1.807) is 13.1 Å². The highest BCUT2D eigenvalue weighted by Crippen LogP contribution is 2.14. The maximum absolute atomic E-state index is 8.56. The first-order chi connectivity index (χ1) is 8.11. The fraction of sp³-hybridized carbons (Fsp3) is 0.111. The van der Waals surface area contributed by atoms with Crippen molar-refractivity contribution in [2.24, 2.45) is 10.9 Å². The lowest BCUT2D eigenvalue weighted by atomic mass is 10.4. The largest absolute Gasteiger partial charge is 0.409 e. The fourth-order valence-corrected chi connectivity index (χ4v) is 1.32. The van der Waals surface area contributed by atoms with Crippen LogP contribution in [0.15, 0.2) is 23.6 Å². The third-order valence-corrected chi connectivity index (χ3v) is 2.43. The lowest BCUT2D eigenvalue weighted by molar-refractivity contribution is 0.318. The number of aryl methyl sites for hydroxylation is 1. The minimum atomic E-state index is -0.0939. The lowest BCUT2D eigenvalue weighted by Crippen LogP contribution is -2.16. The van der Waals surface area contributed by atoms with Crippen molar-refractivity contribution >= 4 is 17.4 Å². The van der Waals surface area contributed by atoms with Crippen LogP contribution in [0.2, 0.25) is 5.02 Å². The third-order valence-electron chi connectivity index (χ3n) is 2.06. The van der Waals surface area contributed by atoms with E-state index in [2.05, 4.69) is 20.2 Å². The Morgan fingerprint density at radius 1 is 1.59 bits per heavy atom. The second-order valence-corrected chi connectivity index (χ2v) is 3.64. The maximum Gasteiger partial charge on any atom is 0.251 e. The van der Waals surface area contributed by atoms with Crippen molar-refractivity contribution in [3.63, 3.8) is 0 Å². The second kappa shape index (κ2) is 4.38. The number of nitrogens with two attached hydrogens (primary N) is 1. The summed E-state index contributed by atoms with van der Waals surface area (Å²) in [5, 5.41) is 16.1. The first kappa shape index (κ1) is 11.3. The van der Waals surface area contributed by atoms with Crippen molar-refractivity contribution in [1.82, 2.24) is 19.7 Å². The number of oxime groups is 1. The molecule has 0 aliphatic carbocycles. The zero-order chi connectivity index (χ0) is 12.4. The predicted molar refractivity (Wildman–Crippen MR) is 61.4 cm³/mol. The van der Waals surface area contributed by atoms with Crippen LogP contribution in [0.5, 0.6) is 0 Å². The van der Waals surface area contributed by atoms with Gasteiger partial charge in [0, 0.05) is 6.20 Å². The topological polar surface area (TPSA) is 102 Å². The summed E-state index contributed by atoms with van der Waals surface area (Å²) >= 11 is 5.88. The van der Waals surface area contributed by atoms with E-state index in [1.165, 1.54) is 16.9 Å². The quantitative estimate of drug-likeness (QED) is 0.355. The Kier molecular flexibility index (Phi) is 2.92. The summed E-state index contributed by atoms with van der Waals surface area (Å²) in [4.78, 5) is 8.10. The van der Waals surface area contributed by atoms with Crippen LogP contribution in [0, 0.1) is 6.92 Å². The summed E-state index contributed by atoms with van der Waals surface area (Å²) in [6.45, 7) is 1.77. The van der Waals surface area contributed by atoms with Crippen LogP contribution in [-0.4, -0.2) is 30.8 Å². The van der Waals surface area contributed by atoms with Gasteiger partial charge in [0.05, 0.1) is 16.9 Å². The van der Waals surface area contributed by atoms with Crippen molar-refractivity contribution < 1.29 is 5.21 Å². The molecule has 2 aromatic heterocycles. The van der Waals surface area contributed by atoms with E-state index >= 15 is 0 Å². The Balaban J connectivity index is 2.46. The van der Waals surface area contributed by atoms with E-state index in [0.717, 1.165) is 0 Å². The van der Waals surface area contributed by atoms with Gasteiger partial charge in [0.2, 0.25) is 0 Å². The minimum absolute atomic E-state index is 0.0939. The van der Waals surface area contributed by atoms with Gasteiger partial charge in [-0.3, -0.25) is 0 Å². The van der Waals surface area contributed by atoms with Crippen LogP contribution >= 0.6 is 11.6 Å². The standard InChI is InChI=1S/C9H9ClN6O/c1-5-6(10)4-16(14-5)9-12-3-2-7(13-9)8(11)15-17/h2-4,17H,1H3,(H2,11,15). The number of amidine groups is 1. The highest BCUT2D eigenvalue weighted by Gasteiger charge is 2.08. The van der Waals surface area contributed by atoms with Crippen molar-refractivity contribution in [2.45, 2.75) is 6.92 Å². The third kappa shape index (κ3) is 2.18. The van der Waals surface area contributed by atoms with Gasteiger partial charge < -0.3 is 10.9 Å².